The Morgan fingerprint density at radius 2 is 1.96 bits per heavy atom. The van der Waals surface area contributed by atoms with E-state index in [1.165, 1.54) is 6.20 Å². The van der Waals surface area contributed by atoms with Gasteiger partial charge in [-0.2, -0.15) is 13.2 Å². The molecule has 1 heterocycles. The summed E-state index contributed by atoms with van der Waals surface area (Å²) in [5, 5.41) is 5.54. The predicted octanol–water partition coefficient (Wildman–Crippen LogP) is 5.46. The van der Waals surface area contributed by atoms with Crippen molar-refractivity contribution in [1.29, 1.82) is 0 Å². The lowest BCUT2D eigenvalue weighted by atomic mass is 10.1. The number of amides is 1. The normalized spacial score (nSPS) is 11.5. The minimum atomic E-state index is -4.52. The zero-order chi connectivity index (χ0) is 19.3. The number of rotatable bonds is 6. The van der Waals surface area contributed by atoms with Gasteiger partial charge in [-0.15, -0.1) is 0 Å². The van der Waals surface area contributed by atoms with Gasteiger partial charge in [-0.3, -0.25) is 4.79 Å². The summed E-state index contributed by atoms with van der Waals surface area (Å²) in [6, 6.07) is 5.94. The zero-order valence-electron chi connectivity index (χ0n) is 14.3. The SMILES string of the molecule is CC(C)CCNc1ccc(C(=O)Nc2cc(C(F)(F)F)ccc2Cl)cn1. The maximum Gasteiger partial charge on any atom is 0.416 e. The zero-order valence-corrected chi connectivity index (χ0v) is 15.1. The first-order valence-electron chi connectivity index (χ1n) is 8.05. The minimum Gasteiger partial charge on any atom is -0.370 e. The van der Waals surface area contributed by atoms with Crippen LogP contribution in [-0.2, 0) is 6.18 Å². The number of nitrogens with one attached hydrogen (secondary N) is 2. The number of benzene rings is 1. The second-order valence-corrected chi connectivity index (χ2v) is 6.60. The summed E-state index contributed by atoms with van der Waals surface area (Å²) in [6.45, 7) is 4.99. The monoisotopic (exact) mass is 385 g/mol. The Balaban J connectivity index is 2.06. The van der Waals surface area contributed by atoms with Gasteiger partial charge in [0.05, 0.1) is 21.8 Å². The molecule has 0 spiro atoms. The molecule has 0 saturated carbocycles. The third-order valence-corrected chi connectivity index (χ3v) is 3.92. The molecular weight excluding hydrogens is 367 g/mol. The average Bonchev–Trinajstić information content (AvgIpc) is 2.56. The predicted molar refractivity (Wildman–Crippen MR) is 96.6 cm³/mol. The third kappa shape index (κ3) is 5.62. The van der Waals surface area contributed by atoms with Crippen molar-refractivity contribution in [3.63, 3.8) is 0 Å². The molecule has 0 aliphatic carbocycles. The molecule has 1 aromatic heterocycles. The molecule has 8 heteroatoms. The van der Waals surface area contributed by atoms with Crippen molar-refractivity contribution < 1.29 is 18.0 Å². The van der Waals surface area contributed by atoms with Gasteiger partial charge < -0.3 is 10.6 Å². The molecule has 0 saturated heterocycles. The first kappa shape index (κ1) is 20.0. The molecule has 0 aliphatic rings. The summed E-state index contributed by atoms with van der Waals surface area (Å²) in [6.07, 6.45) is -2.18. The quantitative estimate of drug-likeness (QED) is 0.693. The van der Waals surface area contributed by atoms with E-state index in [1.807, 2.05) is 0 Å². The number of alkyl halides is 3. The Morgan fingerprint density at radius 3 is 2.54 bits per heavy atom. The standard InChI is InChI=1S/C18H19ClF3N3O/c1-11(2)7-8-23-16-6-3-12(10-24-16)17(26)25-15-9-13(18(20,21)22)4-5-14(15)19/h3-6,9-11H,7-8H2,1-2H3,(H,23,24)(H,25,26). The van der Waals surface area contributed by atoms with Crippen LogP contribution in [0.5, 0.6) is 0 Å². The van der Waals surface area contributed by atoms with E-state index < -0.39 is 17.6 Å². The van der Waals surface area contributed by atoms with Crippen LogP contribution in [0.15, 0.2) is 36.5 Å². The highest BCUT2D eigenvalue weighted by Gasteiger charge is 2.31. The molecular formula is C18H19ClF3N3O. The van der Waals surface area contributed by atoms with Crippen molar-refractivity contribution in [2.45, 2.75) is 26.4 Å². The van der Waals surface area contributed by atoms with Gasteiger partial charge in [0.2, 0.25) is 0 Å². The summed E-state index contributed by atoms with van der Waals surface area (Å²) in [5.74, 6) is 0.594. The largest absolute Gasteiger partial charge is 0.416 e. The number of aromatic nitrogens is 1. The summed E-state index contributed by atoms with van der Waals surface area (Å²) in [4.78, 5) is 16.4. The van der Waals surface area contributed by atoms with Gasteiger partial charge in [0, 0.05) is 12.7 Å². The van der Waals surface area contributed by atoms with Crippen molar-refractivity contribution in [1.82, 2.24) is 4.98 Å². The highest BCUT2D eigenvalue weighted by molar-refractivity contribution is 6.34. The summed E-state index contributed by atoms with van der Waals surface area (Å²) in [5.41, 5.74) is -0.779. The Morgan fingerprint density at radius 1 is 1.23 bits per heavy atom. The lowest BCUT2D eigenvalue weighted by Crippen LogP contribution is -2.14. The van der Waals surface area contributed by atoms with Crippen molar-refractivity contribution >= 4 is 29.0 Å². The van der Waals surface area contributed by atoms with Gasteiger partial charge in [-0.1, -0.05) is 25.4 Å². The summed E-state index contributed by atoms with van der Waals surface area (Å²) >= 11 is 5.88. The van der Waals surface area contributed by atoms with Gasteiger partial charge >= 0.3 is 6.18 Å². The molecule has 26 heavy (non-hydrogen) atoms. The van der Waals surface area contributed by atoms with Crippen LogP contribution in [0.25, 0.3) is 0 Å². The second-order valence-electron chi connectivity index (χ2n) is 6.19. The van der Waals surface area contributed by atoms with Crippen LogP contribution >= 0.6 is 11.6 Å². The van der Waals surface area contributed by atoms with Crippen molar-refractivity contribution in [3.8, 4) is 0 Å². The molecule has 4 nitrogen and oxygen atoms in total. The van der Waals surface area contributed by atoms with E-state index in [0.717, 1.165) is 31.2 Å². The van der Waals surface area contributed by atoms with Crippen LogP contribution in [-0.4, -0.2) is 17.4 Å². The lowest BCUT2D eigenvalue weighted by Gasteiger charge is -2.12. The summed E-state index contributed by atoms with van der Waals surface area (Å²) < 4.78 is 38.3. The Labute approximate surface area is 154 Å². The van der Waals surface area contributed by atoms with Crippen LogP contribution in [0, 0.1) is 5.92 Å². The van der Waals surface area contributed by atoms with Crippen molar-refractivity contribution in [2.75, 3.05) is 17.2 Å². The highest BCUT2D eigenvalue weighted by Crippen LogP contribution is 2.33. The van der Waals surface area contributed by atoms with Gasteiger partial charge in [0.1, 0.15) is 5.82 Å². The molecule has 0 aliphatic heterocycles. The Bertz CT molecular complexity index is 761. The minimum absolute atomic E-state index is 0.0197. The topological polar surface area (TPSA) is 54.0 Å². The van der Waals surface area contributed by atoms with Gasteiger partial charge in [-0.25, -0.2) is 4.98 Å². The maximum absolute atomic E-state index is 12.8. The number of pyridine rings is 1. The van der Waals surface area contributed by atoms with Gasteiger partial charge in [0.25, 0.3) is 5.91 Å². The van der Waals surface area contributed by atoms with Crippen LogP contribution < -0.4 is 10.6 Å². The van der Waals surface area contributed by atoms with E-state index in [-0.39, 0.29) is 16.3 Å². The van der Waals surface area contributed by atoms with E-state index in [2.05, 4.69) is 29.5 Å². The van der Waals surface area contributed by atoms with Crippen LogP contribution in [0.2, 0.25) is 5.02 Å². The van der Waals surface area contributed by atoms with E-state index in [1.54, 1.807) is 12.1 Å². The van der Waals surface area contributed by atoms with E-state index in [9.17, 15) is 18.0 Å². The molecule has 0 unspecified atom stereocenters. The van der Waals surface area contributed by atoms with E-state index in [0.29, 0.717) is 11.7 Å². The molecule has 2 rings (SSSR count). The first-order valence-corrected chi connectivity index (χ1v) is 8.42. The highest BCUT2D eigenvalue weighted by atomic mass is 35.5. The molecule has 0 radical (unpaired) electrons. The number of nitrogens with zero attached hydrogens (tertiary/aromatic N) is 1. The van der Waals surface area contributed by atoms with Gasteiger partial charge in [0.15, 0.2) is 0 Å². The number of hydrogen-bond acceptors (Lipinski definition) is 3. The molecule has 140 valence electrons. The molecule has 1 aromatic carbocycles. The number of hydrogen-bond donors (Lipinski definition) is 2. The van der Waals surface area contributed by atoms with Crippen LogP contribution in [0.3, 0.4) is 0 Å². The molecule has 0 fully saturated rings. The third-order valence-electron chi connectivity index (χ3n) is 3.60. The molecule has 1 amide bonds. The second kappa shape index (κ2) is 8.40. The molecule has 0 atom stereocenters. The smallest absolute Gasteiger partial charge is 0.370 e. The molecule has 2 aromatic rings. The van der Waals surface area contributed by atoms with Crippen molar-refractivity contribution in [2.24, 2.45) is 5.92 Å². The van der Waals surface area contributed by atoms with E-state index in [4.69, 9.17) is 11.6 Å². The van der Waals surface area contributed by atoms with Crippen LogP contribution in [0.1, 0.15) is 36.2 Å². The van der Waals surface area contributed by atoms with Gasteiger partial charge in [-0.05, 0) is 42.7 Å². The Hall–Kier alpha value is -2.28. The fourth-order valence-electron chi connectivity index (χ4n) is 2.11. The average molecular weight is 386 g/mol. The Kier molecular flexibility index (Phi) is 6.47. The fraction of sp³-hybridized carbons (Fsp3) is 0.333. The number of carbonyl (C=O) groups excluding carboxylic acids is 1. The fourth-order valence-corrected chi connectivity index (χ4v) is 2.28. The lowest BCUT2D eigenvalue weighted by molar-refractivity contribution is -0.137. The van der Waals surface area contributed by atoms with E-state index >= 15 is 0 Å². The maximum atomic E-state index is 12.8. The molecule has 2 N–H and O–H groups in total. The molecule has 0 bridgehead atoms. The number of carbonyl (C=O) groups is 1. The number of anilines is 2. The number of halogens is 4. The van der Waals surface area contributed by atoms with Crippen LogP contribution in [0.4, 0.5) is 24.7 Å². The first-order chi connectivity index (χ1) is 12.2. The van der Waals surface area contributed by atoms with Crippen molar-refractivity contribution in [3.05, 3.63) is 52.7 Å². The summed E-state index contributed by atoms with van der Waals surface area (Å²) in [7, 11) is 0.